The van der Waals surface area contributed by atoms with Gasteiger partial charge < -0.3 is 20.3 Å². The summed E-state index contributed by atoms with van der Waals surface area (Å²) in [6, 6.07) is 8.11. The Balaban J connectivity index is 1.82. The Morgan fingerprint density at radius 3 is 2.63 bits per heavy atom. The Bertz CT molecular complexity index is 694. The minimum absolute atomic E-state index is 0.571. The average molecular weight is 374 g/mol. The van der Waals surface area contributed by atoms with E-state index in [2.05, 4.69) is 56.8 Å². The van der Waals surface area contributed by atoms with Gasteiger partial charge in [-0.15, -0.1) is 0 Å². The fourth-order valence-corrected chi connectivity index (χ4v) is 2.42. The van der Waals surface area contributed by atoms with E-state index in [1.54, 1.807) is 11.0 Å². The van der Waals surface area contributed by atoms with Gasteiger partial charge in [-0.25, -0.2) is 9.98 Å². The lowest BCUT2D eigenvalue weighted by atomic mass is 10.2. The first kappa shape index (κ1) is 20.7. The number of rotatable bonds is 10. The summed E-state index contributed by atoms with van der Waals surface area (Å²) in [6.07, 6.45) is 2.56. The van der Waals surface area contributed by atoms with Crippen LogP contribution in [0.5, 0.6) is 5.75 Å². The summed E-state index contributed by atoms with van der Waals surface area (Å²) in [4.78, 5) is 11.0. The van der Waals surface area contributed by atoms with Crippen LogP contribution in [0.1, 0.15) is 24.7 Å². The number of hydrogen-bond acceptors (Lipinski definition) is 5. The predicted octanol–water partition coefficient (Wildman–Crippen LogP) is 1.40. The van der Waals surface area contributed by atoms with Gasteiger partial charge in [-0.1, -0.05) is 12.1 Å². The highest BCUT2D eigenvalue weighted by Crippen LogP contribution is 2.13. The van der Waals surface area contributed by atoms with E-state index < -0.39 is 0 Å². The molecule has 148 valence electrons. The van der Waals surface area contributed by atoms with Crippen molar-refractivity contribution in [3.05, 3.63) is 42.0 Å². The molecule has 0 fully saturated rings. The summed E-state index contributed by atoms with van der Waals surface area (Å²) in [6.45, 7) is 5.76. The Labute approximate surface area is 161 Å². The number of aryl methyl sites for hydroxylation is 1. The number of aromatic nitrogens is 3. The first-order valence-corrected chi connectivity index (χ1v) is 9.30. The first-order valence-electron chi connectivity index (χ1n) is 9.30. The highest BCUT2D eigenvalue weighted by molar-refractivity contribution is 5.79. The fourth-order valence-electron chi connectivity index (χ4n) is 2.42. The molecule has 0 spiro atoms. The largest absolute Gasteiger partial charge is 0.494 e. The third-order valence-electron chi connectivity index (χ3n) is 3.92. The fraction of sp³-hybridized carbons (Fsp3) is 0.526. The van der Waals surface area contributed by atoms with E-state index >= 15 is 0 Å². The number of nitrogens with one attached hydrogen (secondary N) is 2. The monoisotopic (exact) mass is 373 g/mol. The minimum atomic E-state index is 0.571. The van der Waals surface area contributed by atoms with Crippen LogP contribution in [-0.4, -0.2) is 59.4 Å². The summed E-state index contributed by atoms with van der Waals surface area (Å²) in [5, 5.41) is 10.6. The molecule has 0 bridgehead atoms. The van der Waals surface area contributed by atoms with Crippen LogP contribution < -0.4 is 15.4 Å². The smallest absolute Gasteiger partial charge is 0.191 e. The van der Waals surface area contributed by atoms with Crippen LogP contribution in [0.4, 0.5) is 0 Å². The summed E-state index contributed by atoms with van der Waals surface area (Å²) in [5.41, 5.74) is 1.13. The second-order valence-electron chi connectivity index (χ2n) is 6.50. The molecule has 0 aliphatic carbocycles. The van der Waals surface area contributed by atoms with Gasteiger partial charge in [-0.2, -0.15) is 5.10 Å². The summed E-state index contributed by atoms with van der Waals surface area (Å²) < 4.78 is 7.51. The van der Waals surface area contributed by atoms with Gasteiger partial charge >= 0.3 is 0 Å². The number of hydrogen-bond donors (Lipinski definition) is 2. The zero-order valence-electron chi connectivity index (χ0n) is 16.8. The number of nitrogens with zero attached hydrogens (tertiary/aromatic N) is 5. The molecule has 2 N–H and O–H groups in total. The molecule has 1 aromatic heterocycles. The third kappa shape index (κ3) is 7.65. The Morgan fingerprint density at radius 1 is 1.22 bits per heavy atom. The topological polar surface area (TPSA) is 79.6 Å². The van der Waals surface area contributed by atoms with Gasteiger partial charge in [0.25, 0.3) is 0 Å². The molecule has 1 aromatic carbocycles. The van der Waals surface area contributed by atoms with Crippen molar-refractivity contribution >= 4 is 5.96 Å². The van der Waals surface area contributed by atoms with Crippen molar-refractivity contribution in [1.82, 2.24) is 30.3 Å². The SMILES string of the molecule is CCNC(=NCc1ccc(OCCCN(C)C)cc1)NCc1ncnn1C. The highest BCUT2D eigenvalue weighted by Gasteiger charge is 2.03. The molecule has 1 heterocycles. The Hall–Kier alpha value is -2.61. The summed E-state index contributed by atoms with van der Waals surface area (Å²) in [7, 11) is 6.01. The molecular formula is C19H31N7O. The van der Waals surface area contributed by atoms with Crippen molar-refractivity contribution in [3.63, 3.8) is 0 Å². The minimum Gasteiger partial charge on any atom is -0.494 e. The van der Waals surface area contributed by atoms with Crippen molar-refractivity contribution in [2.75, 3.05) is 33.8 Å². The molecule has 0 atom stereocenters. The molecule has 2 rings (SSSR count). The lowest BCUT2D eigenvalue weighted by Gasteiger charge is -2.11. The maximum Gasteiger partial charge on any atom is 0.191 e. The van der Waals surface area contributed by atoms with Gasteiger partial charge in [0.15, 0.2) is 5.96 Å². The standard InChI is InChI=1S/C19H31N7O/c1-5-20-19(22-14-18-23-15-24-26(18)4)21-13-16-7-9-17(10-8-16)27-12-6-11-25(2)3/h7-10,15H,5-6,11-14H2,1-4H3,(H2,20,21,22). The van der Waals surface area contributed by atoms with Gasteiger partial charge in [0.05, 0.1) is 19.7 Å². The van der Waals surface area contributed by atoms with Gasteiger partial charge in [-0.3, -0.25) is 4.68 Å². The van der Waals surface area contributed by atoms with Gasteiger partial charge in [0, 0.05) is 20.1 Å². The van der Waals surface area contributed by atoms with Crippen LogP contribution in [0.2, 0.25) is 0 Å². The third-order valence-corrected chi connectivity index (χ3v) is 3.92. The predicted molar refractivity (Wildman–Crippen MR) is 108 cm³/mol. The van der Waals surface area contributed by atoms with Crippen LogP contribution >= 0.6 is 0 Å². The van der Waals surface area contributed by atoms with E-state index in [-0.39, 0.29) is 0 Å². The van der Waals surface area contributed by atoms with Crippen molar-refractivity contribution in [1.29, 1.82) is 0 Å². The van der Waals surface area contributed by atoms with E-state index in [0.29, 0.717) is 13.1 Å². The Kier molecular flexibility index (Phi) is 8.57. The lowest BCUT2D eigenvalue weighted by Crippen LogP contribution is -2.37. The summed E-state index contributed by atoms with van der Waals surface area (Å²) >= 11 is 0. The van der Waals surface area contributed by atoms with Crippen molar-refractivity contribution < 1.29 is 4.74 Å². The molecule has 0 radical (unpaired) electrons. The van der Waals surface area contributed by atoms with Crippen molar-refractivity contribution in [2.45, 2.75) is 26.4 Å². The van der Waals surface area contributed by atoms with Gasteiger partial charge in [0.2, 0.25) is 0 Å². The molecule has 0 aliphatic rings. The zero-order chi connectivity index (χ0) is 19.5. The van der Waals surface area contributed by atoms with Crippen LogP contribution in [0, 0.1) is 0 Å². The molecule has 0 aliphatic heterocycles. The van der Waals surface area contributed by atoms with Crippen LogP contribution in [0.25, 0.3) is 0 Å². The first-order chi connectivity index (χ1) is 13.1. The molecular weight excluding hydrogens is 342 g/mol. The van der Waals surface area contributed by atoms with Crippen LogP contribution in [0.3, 0.4) is 0 Å². The van der Waals surface area contributed by atoms with E-state index in [4.69, 9.17) is 4.74 Å². The molecule has 0 saturated heterocycles. The number of aliphatic imine (C=N–C) groups is 1. The van der Waals surface area contributed by atoms with Gasteiger partial charge in [-0.05, 0) is 45.1 Å². The van der Waals surface area contributed by atoms with Crippen LogP contribution in [0.15, 0.2) is 35.6 Å². The quantitative estimate of drug-likeness (QED) is 0.372. The molecule has 8 nitrogen and oxygen atoms in total. The summed E-state index contributed by atoms with van der Waals surface area (Å²) in [5.74, 6) is 2.51. The van der Waals surface area contributed by atoms with Gasteiger partial charge in [0.1, 0.15) is 17.9 Å². The maximum atomic E-state index is 5.76. The lowest BCUT2D eigenvalue weighted by molar-refractivity contribution is 0.281. The molecule has 0 amide bonds. The molecule has 2 aromatic rings. The second kappa shape index (κ2) is 11.2. The normalized spacial score (nSPS) is 11.7. The number of guanidine groups is 1. The molecule has 0 unspecified atom stereocenters. The highest BCUT2D eigenvalue weighted by atomic mass is 16.5. The number of ether oxygens (including phenoxy) is 1. The van der Waals surface area contributed by atoms with Crippen molar-refractivity contribution in [2.24, 2.45) is 12.0 Å². The maximum absolute atomic E-state index is 5.76. The van der Waals surface area contributed by atoms with E-state index in [1.807, 2.05) is 26.1 Å². The Morgan fingerprint density at radius 2 is 2.00 bits per heavy atom. The van der Waals surface area contributed by atoms with E-state index in [0.717, 1.165) is 49.2 Å². The molecule has 27 heavy (non-hydrogen) atoms. The van der Waals surface area contributed by atoms with E-state index in [9.17, 15) is 0 Å². The molecule has 0 saturated carbocycles. The second-order valence-corrected chi connectivity index (χ2v) is 6.50. The molecule has 8 heteroatoms. The average Bonchev–Trinajstić information content (AvgIpc) is 3.07. The number of benzene rings is 1. The zero-order valence-corrected chi connectivity index (χ0v) is 16.8. The van der Waals surface area contributed by atoms with E-state index in [1.165, 1.54) is 0 Å². The van der Waals surface area contributed by atoms with Crippen molar-refractivity contribution in [3.8, 4) is 5.75 Å². The van der Waals surface area contributed by atoms with Crippen LogP contribution in [-0.2, 0) is 20.1 Å².